The van der Waals surface area contributed by atoms with E-state index in [9.17, 15) is 0 Å². The minimum absolute atomic E-state index is 0.652. The molecule has 1 aromatic carbocycles. The molecule has 5 heteroatoms. The molecule has 1 heterocycles. The summed E-state index contributed by atoms with van der Waals surface area (Å²) in [7, 11) is 3.70. The summed E-state index contributed by atoms with van der Waals surface area (Å²) < 4.78 is 5.00. The molecule has 0 radical (unpaired) electrons. The monoisotopic (exact) mass is 272 g/mol. The topological polar surface area (TPSA) is 50.3 Å². The van der Waals surface area contributed by atoms with Crippen molar-refractivity contribution in [3.63, 3.8) is 0 Å². The molecule has 1 N–H and O–H groups in total. The lowest BCUT2D eigenvalue weighted by molar-refractivity contribution is 0.210. The standard InChI is InChI=1S/C15H20N4O/c1-19(11-13-6-4-3-5-7-13)15-10-14(17-12-18-15)16-8-9-20-2/h3-7,10,12H,8-9,11H2,1-2H3,(H,16,17,18). The third-order valence-electron chi connectivity index (χ3n) is 2.92. The molecule has 5 nitrogen and oxygen atoms in total. The summed E-state index contributed by atoms with van der Waals surface area (Å²) in [5.41, 5.74) is 1.25. The zero-order chi connectivity index (χ0) is 14.2. The van der Waals surface area contributed by atoms with Crippen LogP contribution in [0.15, 0.2) is 42.7 Å². The van der Waals surface area contributed by atoms with E-state index >= 15 is 0 Å². The number of aromatic nitrogens is 2. The van der Waals surface area contributed by atoms with E-state index in [4.69, 9.17) is 4.74 Å². The zero-order valence-electron chi connectivity index (χ0n) is 11.9. The Morgan fingerprint density at radius 3 is 2.75 bits per heavy atom. The van der Waals surface area contributed by atoms with Gasteiger partial charge in [-0.15, -0.1) is 0 Å². The van der Waals surface area contributed by atoms with Crippen molar-refractivity contribution in [2.24, 2.45) is 0 Å². The Kier molecular flexibility index (Phi) is 5.32. The van der Waals surface area contributed by atoms with E-state index < -0.39 is 0 Å². The van der Waals surface area contributed by atoms with Crippen LogP contribution in [-0.2, 0) is 11.3 Å². The molecule has 0 unspecified atom stereocenters. The largest absolute Gasteiger partial charge is 0.383 e. The summed E-state index contributed by atoms with van der Waals surface area (Å²) in [6, 6.07) is 12.3. The van der Waals surface area contributed by atoms with Crippen LogP contribution in [0.25, 0.3) is 0 Å². The van der Waals surface area contributed by atoms with Crippen LogP contribution in [0.3, 0.4) is 0 Å². The van der Waals surface area contributed by atoms with E-state index in [-0.39, 0.29) is 0 Å². The van der Waals surface area contributed by atoms with Gasteiger partial charge in [0.25, 0.3) is 0 Å². The summed E-state index contributed by atoms with van der Waals surface area (Å²) in [5.74, 6) is 1.70. The first-order valence-corrected chi connectivity index (χ1v) is 6.59. The number of anilines is 2. The lowest BCUT2D eigenvalue weighted by Gasteiger charge is -2.18. The van der Waals surface area contributed by atoms with Gasteiger partial charge in [0.15, 0.2) is 0 Å². The maximum atomic E-state index is 5.00. The van der Waals surface area contributed by atoms with Crippen LogP contribution in [0.1, 0.15) is 5.56 Å². The van der Waals surface area contributed by atoms with E-state index in [1.165, 1.54) is 5.56 Å². The van der Waals surface area contributed by atoms with Crippen LogP contribution in [0, 0.1) is 0 Å². The van der Waals surface area contributed by atoms with Crippen molar-refractivity contribution in [1.82, 2.24) is 9.97 Å². The van der Waals surface area contributed by atoms with Gasteiger partial charge >= 0.3 is 0 Å². The molecule has 0 aliphatic carbocycles. The SMILES string of the molecule is COCCNc1cc(N(C)Cc2ccccc2)ncn1. The van der Waals surface area contributed by atoms with Gasteiger partial charge in [-0.25, -0.2) is 9.97 Å². The van der Waals surface area contributed by atoms with Crippen molar-refractivity contribution in [2.75, 3.05) is 37.5 Å². The minimum Gasteiger partial charge on any atom is -0.383 e. The van der Waals surface area contributed by atoms with E-state index in [0.29, 0.717) is 6.61 Å². The average Bonchev–Trinajstić information content (AvgIpc) is 2.49. The maximum Gasteiger partial charge on any atom is 0.134 e. The van der Waals surface area contributed by atoms with Crippen LogP contribution >= 0.6 is 0 Å². The molecule has 0 saturated heterocycles. The third kappa shape index (κ3) is 4.20. The molecule has 2 rings (SSSR count). The van der Waals surface area contributed by atoms with Gasteiger partial charge in [-0.05, 0) is 5.56 Å². The molecule has 1 aromatic heterocycles. The Balaban J connectivity index is 1.99. The highest BCUT2D eigenvalue weighted by atomic mass is 16.5. The van der Waals surface area contributed by atoms with Crippen molar-refractivity contribution < 1.29 is 4.74 Å². The first-order valence-electron chi connectivity index (χ1n) is 6.59. The van der Waals surface area contributed by atoms with Crippen LogP contribution in [0.4, 0.5) is 11.6 Å². The number of hydrogen-bond acceptors (Lipinski definition) is 5. The Bertz CT molecular complexity index is 518. The first-order chi connectivity index (χ1) is 9.79. The van der Waals surface area contributed by atoms with Gasteiger partial charge in [-0.3, -0.25) is 0 Å². The van der Waals surface area contributed by atoms with Crippen molar-refractivity contribution in [3.05, 3.63) is 48.3 Å². The Labute approximate surface area is 119 Å². The minimum atomic E-state index is 0.652. The molecule has 0 fully saturated rings. The van der Waals surface area contributed by atoms with Crippen molar-refractivity contribution in [1.29, 1.82) is 0 Å². The molecule has 0 aliphatic rings. The highest BCUT2D eigenvalue weighted by molar-refractivity contribution is 5.48. The number of ether oxygens (including phenoxy) is 1. The molecule has 0 amide bonds. The summed E-state index contributed by atoms with van der Waals surface area (Å²) in [5, 5.41) is 3.20. The van der Waals surface area contributed by atoms with E-state index in [2.05, 4.69) is 32.3 Å². The van der Waals surface area contributed by atoms with Crippen LogP contribution in [-0.4, -0.2) is 37.3 Å². The Morgan fingerprint density at radius 2 is 2.00 bits per heavy atom. The highest BCUT2D eigenvalue weighted by Gasteiger charge is 2.05. The predicted octanol–water partition coefficient (Wildman–Crippen LogP) is 2.17. The molecule has 0 spiro atoms. The van der Waals surface area contributed by atoms with Gasteiger partial charge in [0, 0.05) is 33.3 Å². The number of benzene rings is 1. The second-order valence-corrected chi connectivity index (χ2v) is 4.52. The molecule has 0 bridgehead atoms. The van der Waals surface area contributed by atoms with Gasteiger partial charge in [0.1, 0.15) is 18.0 Å². The fourth-order valence-electron chi connectivity index (χ4n) is 1.87. The molecule has 0 aliphatic heterocycles. The normalized spacial score (nSPS) is 10.3. The summed E-state index contributed by atoms with van der Waals surface area (Å²) >= 11 is 0. The highest BCUT2D eigenvalue weighted by Crippen LogP contribution is 2.15. The molecule has 0 saturated carbocycles. The van der Waals surface area contributed by atoms with Crippen LogP contribution < -0.4 is 10.2 Å². The molecular weight excluding hydrogens is 252 g/mol. The lowest BCUT2D eigenvalue weighted by Crippen LogP contribution is -2.18. The second kappa shape index (κ2) is 7.45. The number of methoxy groups -OCH3 is 1. The molecule has 106 valence electrons. The summed E-state index contributed by atoms with van der Waals surface area (Å²) in [6.07, 6.45) is 1.58. The smallest absolute Gasteiger partial charge is 0.134 e. The number of nitrogens with zero attached hydrogens (tertiary/aromatic N) is 3. The van der Waals surface area contributed by atoms with Crippen molar-refractivity contribution >= 4 is 11.6 Å². The van der Waals surface area contributed by atoms with Gasteiger partial charge in [0.05, 0.1) is 6.61 Å². The number of rotatable bonds is 7. The lowest BCUT2D eigenvalue weighted by atomic mass is 10.2. The van der Waals surface area contributed by atoms with Crippen molar-refractivity contribution in [3.8, 4) is 0 Å². The van der Waals surface area contributed by atoms with E-state index in [0.717, 1.165) is 24.7 Å². The third-order valence-corrected chi connectivity index (χ3v) is 2.92. The van der Waals surface area contributed by atoms with E-state index in [1.54, 1.807) is 13.4 Å². The zero-order valence-corrected chi connectivity index (χ0v) is 11.9. The molecular formula is C15H20N4O. The quantitative estimate of drug-likeness (QED) is 0.783. The fourth-order valence-corrected chi connectivity index (χ4v) is 1.87. The molecule has 20 heavy (non-hydrogen) atoms. The van der Waals surface area contributed by atoms with Crippen LogP contribution in [0.5, 0.6) is 0 Å². The number of hydrogen-bond donors (Lipinski definition) is 1. The fraction of sp³-hybridized carbons (Fsp3) is 0.333. The van der Waals surface area contributed by atoms with Gasteiger partial charge in [0.2, 0.25) is 0 Å². The summed E-state index contributed by atoms with van der Waals surface area (Å²) in [4.78, 5) is 10.6. The number of nitrogens with one attached hydrogen (secondary N) is 1. The maximum absolute atomic E-state index is 5.00. The molecule has 2 aromatic rings. The molecule has 0 atom stereocenters. The van der Waals surface area contributed by atoms with Gasteiger partial charge in [-0.2, -0.15) is 0 Å². The van der Waals surface area contributed by atoms with Crippen molar-refractivity contribution in [2.45, 2.75) is 6.54 Å². The predicted molar refractivity (Wildman–Crippen MR) is 80.9 cm³/mol. The Hall–Kier alpha value is -2.14. The van der Waals surface area contributed by atoms with E-state index in [1.807, 2.05) is 31.3 Å². The average molecular weight is 272 g/mol. The Morgan fingerprint density at radius 1 is 1.20 bits per heavy atom. The first kappa shape index (κ1) is 14.3. The van der Waals surface area contributed by atoms with Gasteiger partial charge in [-0.1, -0.05) is 30.3 Å². The summed E-state index contributed by atoms with van der Waals surface area (Å²) in [6.45, 7) is 2.20. The van der Waals surface area contributed by atoms with Gasteiger partial charge < -0.3 is 15.0 Å². The van der Waals surface area contributed by atoms with Crippen LogP contribution in [0.2, 0.25) is 0 Å². The second-order valence-electron chi connectivity index (χ2n) is 4.52.